The highest BCUT2D eigenvalue weighted by Gasteiger charge is 2.30. The van der Waals surface area contributed by atoms with Crippen LogP contribution < -0.4 is 10.6 Å². The average molecular weight is 587 g/mol. The number of hydrogen-bond donors (Lipinski definition) is 3. The Kier molecular flexibility index (Phi) is 7.83. The molecule has 0 aliphatic heterocycles. The van der Waals surface area contributed by atoms with Gasteiger partial charge < -0.3 is 10.1 Å². The number of ether oxygens (including phenoxy) is 1. The number of nitrogens with one attached hydrogen (secondary N) is 3. The number of anilines is 2. The summed E-state index contributed by atoms with van der Waals surface area (Å²) in [5.41, 5.74) is 2.42. The maximum absolute atomic E-state index is 13.6. The van der Waals surface area contributed by atoms with E-state index in [-0.39, 0.29) is 16.3 Å². The van der Waals surface area contributed by atoms with Gasteiger partial charge in [-0.05, 0) is 111 Å². The summed E-state index contributed by atoms with van der Waals surface area (Å²) in [6.07, 6.45) is 4.45. The second-order valence-electron chi connectivity index (χ2n) is 11.1. The largest absolute Gasteiger partial charge is 0.444 e. The van der Waals surface area contributed by atoms with Crippen LogP contribution >= 0.6 is 0 Å². The predicted molar refractivity (Wildman–Crippen MR) is 160 cm³/mol. The van der Waals surface area contributed by atoms with Gasteiger partial charge in [-0.25, -0.2) is 18.2 Å². The number of nitrogens with zero attached hydrogens (tertiary/aromatic N) is 1. The molecule has 3 aromatic carbocycles. The van der Waals surface area contributed by atoms with Gasteiger partial charge in [-0.2, -0.15) is 0 Å². The Hall–Kier alpha value is -4.57. The van der Waals surface area contributed by atoms with Gasteiger partial charge in [0.1, 0.15) is 21.1 Å². The number of pyridine rings is 1. The van der Waals surface area contributed by atoms with E-state index < -0.39 is 27.3 Å². The van der Waals surface area contributed by atoms with Crippen LogP contribution in [0.3, 0.4) is 0 Å². The van der Waals surface area contributed by atoms with E-state index in [9.17, 15) is 18.2 Å². The van der Waals surface area contributed by atoms with Crippen LogP contribution in [0.25, 0.3) is 11.1 Å². The lowest BCUT2D eigenvalue weighted by atomic mass is 10.0. The van der Waals surface area contributed by atoms with Crippen LogP contribution in [0.15, 0.2) is 95.0 Å². The Bertz CT molecular complexity index is 1740. The minimum Gasteiger partial charge on any atom is -0.444 e. The molecule has 1 atom stereocenters. The van der Waals surface area contributed by atoms with E-state index in [1.807, 2.05) is 6.07 Å². The fraction of sp³-hybridized carbons (Fsp3) is 0.219. The van der Waals surface area contributed by atoms with E-state index in [1.54, 1.807) is 57.3 Å². The van der Waals surface area contributed by atoms with E-state index in [1.165, 1.54) is 42.6 Å². The zero-order valence-electron chi connectivity index (χ0n) is 23.4. The Morgan fingerprint density at radius 3 is 2.24 bits per heavy atom. The van der Waals surface area contributed by atoms with Gasteiger partial charge in [0.2, 0.25) is 0 Å². The third-order valence-corrected chi connectivity index (χ3v) is 8.57. The molecule has 1 aliphatic rings. The van der Waals surface area contributed by atoms with Crippen molar-refractivity contribution >= 4 is 33.1 Å². The first-order valence-corrected chi connectivity index (χ1v) is 15.0. The summed E-state index contributed by atoms with van der Waals surface area (Å²) in [7, 11) is -3.33. The van der Waals surface area contributed by atoms with Crippen molar-refractivity contribution in [2.75, 3.05) is 10.6 Å². The smallest absolute Gasteiger partial charge is 0.412 e. The summed E-state index contributed by atoms with van der Waals surface area (Å²) in [5, 5.41) is 5.50. The van der Waals surface area contributed by atoms with Gasteiger partial charge in [-0.1, -0.05) is 18.2 Å². The van der Waals surface area contributed by atoms with Gasteiger partial charge in [0.25, 0.3) is 5.91 Å². The molecule has 1 aliphatic carbocycles. The first-order valence-electron chi connectivity index (χ1n) is 13.4. The molecule has 2 amide bonds. The second kappa shape index (κ2) is 11.4. The molecule has 10 heteroatoms. The Balaban J connectivity index is 1.41. The topological polar surface area (TPSA) is 121 Å². The van der Waals surface area contributed by atoms with Crippen LogP contribution in [0.1, 0.15) is 55.5 Å². The van der Waals surface area contributed by atoms with Gasteiger partial charge in [-0.15, -0.1) is 0 Å². The molecule has 0 bridgehead atoms. The summed E-state index contributed by atoms with van der Waals surface area (Å²) in [4.78, 5) is 30.6. The molecule has 0 spiro atoms. The second-order valence-corrected chi connectivity index (χ2v) is 13.1. The van der Waals surface area contributed by atoms with Crippen LogP contribution in [0.4, 0.5) is 20.6 Å². The van der Waals surface area contributed by atoms with Crippen LogP contribution in [-0.2, 0) is 14.5 Å². The fourth-order valence-electron chi connectivity index (χ4n) is 4.47. The van der Waals surface area contributed by atoms with Gasteiger partial charge in [-0.3, -0.25) is 15.1 Å². The van der Waals surface area contributed by atoms with Crippen LogP contribution in [0, 0.1) is 10.6 Å². The maximum Gasteiger partial charge on any atom is 0.412 e. The SMILES string of the molecule is CC(C)(C)OC(=O)Nc1ccc(-c2ccc(F)cc2)cc1NC(=O)c1ccc(S(=N)(=O)c2cnccc2C2CC2)cc1. The molecule has 1 aromatic heterocycles. The number of hydrogen-bond acceptors (Lipinski definition) is 6. The average Bonchev–Trinajstić information content (AvgIpc) is 3.79. The van der Waals surface area contributed by atoms with Crippen molar-refractivity contribution in [3.63, 3.8) is 0 Å². The molecular weight excluding hydrogens is 555 g/mol. The molecular formula is C32H31FN4O4S. The standard InChI is InChI=1S/C32H31FN4O4S/c1-32(2,3)41-31(39)37-27-15-10-23(20-6-11-24(33)12-7-20)18-28(27)36-30(38)22-8-13-25(14-9-22)42(34,40)29-19-35-17-16-26(29)21-4-5-21/h6-19,21,34H,4-5H2,1-3H3,(H,36,38)(H,37,39). The molecule has 3 N–H and O–H groups in total. The van der Waals surface area contributed by atoms with Crippen molar-refractivity contribution in [2.24, 2.45) is 0 Å². The van der Waals surface area contributed by atoms with Crippen LogP contribution in [-0.4, -0.2) is 26.8 Å². The summed E-state index contributed by atoms with van der Waals surface area (Å²) >= 11 is 0. The highest BCUT2D eigenvalue weighted by Crippen LogP contribution is 2.43. The molecule has 0 radical (unpaired) electrons. The highest BCUT2D eigenvalue weighted by molar-refractivity contribution is 7.92. The maximum atomic E-state index is 13.6. The zero-order chi connectivity index (χ0) is 30.1. The molecule has 0 saturated heterocycles. The lowest BCUT2D eigenvalue weighted by Gasteiger charge is -2.21. The van der Waals surface area contributed by atoms with Gasteiger partial charge >= 0.3 is 6.09 Å². The lowest BCUT2D eigenvalue weighted by molar-refractivity contribution is 0.0635. The predicted octanol–water partition coefficient (Wildman–Crippen LogP) is 7.83. The summed E-state index contributed by atoms with van der Waals surface area (Å²) in [6, 6.07) is 18.8. The van der Waals surface area contributed by atoms with E-state index >= 15 is 0 Å². The summed E-state index contributed by atoms with van der Waals surface area (Å²) in [5.74, 6) is -0.558. The number of carbonyl (C=O) groups is 2. The molecule has 1 saturated carbocycles. The minimum atomic E-state index is -3.33. The molecule has 8 nitrogen and oxygen atoms in total. The van der Waals surface area contributed by atoms with Crippen molar-refractivity contribution in [3.8, 4) is 11.1 Å². The summed E-state index contributed by atoms with van der Waals surface area (Å²) < 4.78 is 41.2. The fourth-order valence-corrected chi connectivity index (χ4v) is 6.02. The van der Waals surface area contributed by atoms with E-state index in [0.29, 0.717) is 33.3 Å². The Morgan fingerprint density at radius 1 is 0.929 bits per heavy atom. The minimum absolute atomic E-state index is 0.262. The lowest BCUT2D eigenvalue weighted by Crippen LogP contribution is -2.27. The number of carbonyl (C=O) groups excluding carboxylic acids is 2. The summed E-state index contributed by atoms with van der Waals surface area (Å²) in [6.45, 7) is 5.23. The molecule has 1 fully saturated rings. The molecule has 1 heterocycles. The van der Waals surface area contributed by atoms with Crippen molar-refractivity contribution in [1.29, 1.82) is 4.78 Å². The molecule has 1 unspecified atom stereocenters. The van der Waals surface area contributed by atoms with E-state index in [0.717, 1.165) is 18.4 Å². The first-order chi connectivity index (χ1) is 19.9. The third-order valence-electron chi connectivity index (χ3n) is 6.67. The number of halogens is 1. The van der Waals surface area contributed by atoms with Crippen molar-refractivity contribution in [2.45, 2.75) is 54.9 Å². The zero-order valence-corrected chi connectivity index (χ0v) is 24.3. The Labute approximate surface area is 244 Å². The van der Waals surface area contributed by atoms with Crippen molar-refractivity contribution in [3.05, 3.63) is 102 Å². The molecule has 42 heavy (non-hydrogen) atoms. The number of amides is 2. The normalized spacial score (nSPS) is 14.5. The third kappa shape index (κ3) is 6.66. The molecule has 4 aromatic rings. The quantitative estimate of drug-likeness (QED) is 0.204. The van der Waals surface area contributed by atoms with Crippen LogP contribution in [0.2, 0.25) is 0 Å². The number of aromatic nitrogens is 1. The van der Waals surface area contributed by atoms with Crippen LogP contribution in [0.5, 0.6) is 0 Å². The van der Waals surface area contributed by atoms with E-state index in [4.69, 9.17) is 9.52 Å². The molecule has 216 valence electrons. The van der Waals surface area contributed by atoms with Gasteiger partial charge in [0.15, 0.2) is 0 Å². The first kappa shape index (κ1) is 28.9. The monoisotopic (exact) mass is 586 g/mol. The van der Waals surface area contributed by atoms with Gasteiger partial charge in [0, 0.05) is 18.0 Å². The number of rotatable bonds is 7. The molecule has 5 rings (SSSR count). The number of benzene rings is 3. The van der Waals surface area contributed by atoms with Crippen molar-refractivity contribution < 1.29 is 22.9 Å². The van der Waals surface area contributed by atoms with E-state index in [2.05, 4.69) is 15.6 Å². The van der Waals surface area contributed by atoms with Gasteiger partial charge in [0.05, 0.1) is 21.2 Å². The highest BCUT2D eigenvalue weighted by atomic mass is 32.2. The Morgan fingerprint density at radius 2 is 1.60 bits per heavy atom. The van der Waals surface area contributed by atoms with Crippen molar-refractivity contribution in [1.82, 2.24) is 4.98 Å².